The molecule has 0 spiro atoms. The van der Waals surface area contributed by atoms with Crippen LogP contribution >= 0.6 is 0 Å². The van der Waals surface area contributed by atoms with Gasteiger partial charge in [0.1, 0.15) is 12.6 Å². The van der Waals surface area contributed by atoms with Gasteiger partial charge in [0, 0.05) is 6.54 Å². The van der Waals surface area contributed by atoms with E-state index >= 15 is 0 Å². The molecule has 0 radical (unpaired) electrons. The van der Waals surface area contributed by atoms with Crippen molar-refractivity contribution in [1.29, 1.82) is 0 Å². The third-order valence-electron chi connectivity index (χ3n) is 2.35. The van der Waals surface area contributed by atoms with Gasteiger partial charge in [-0.25, -0.2) is 0 Å². The van der Waals surface area contributed by atoms with Gasteiger partial charge in [-0.15, -0.1) is 0 Å². The second kappa shape index (κ2) is 8.08. The summed E-state index contributed by atoms with van der Waals surface area (Å²) in [7, 11) is 6.30. The summed E-state index contributed by atoms with van der Waals surface area (Å²) in [5, 5.41) is 13.0. The number of nitrogens with zero attached hydrogens (tertiary/aromatic N) is 1. The zero-order valence-electron chi connectivity index (χ0n) is 10.9. The number of hydrogen-bond donors (Lipinski definition) is 2. The minimum Gasteiger partial charge on any atom is -0.386 e. The fourth-order valence-electron chi connectivity index (χ4n) is 1.64. The van der Waals surface area contributed by atoms with Gasteiger partial charge in [0.2, 0.25) is 0 Å². The average Bonchev–Trinajstić information content (AvgIpc) is 2.08. The number of aliphatic hydroxyl groups excluding tert-OH is 1. The molecule has 3 nitrogen and oxygen atoms in total. The second-order valence-electron chi connectivity index (χ2n) is 5.39. The van der Waals surface area contributed by atoms with Crippen molar-refractivity contribution in [2.75, 3.05) is 40.8 Å². The normalized spacial score (nSPS) is 14.2. The molecule has 0 bridgehead atoms. The number of rotatable bonds is 9. The summed E-state index contributed by atoms with van der Waals surface area (Å²) in [6.45, 7) is 4.79. The van der Waals surface area contributed by atoms with Crippen molar-refractivity contribution in [3.05, 3.63) is 0 Å². The van der Waals surface area contributed by atoms with E-state index in [0.29, 0.717) is 0 Å². The molecule has 1 atom stereocenters. The summed E-state index contributed by atoms with van der Waals surface area (Å²) in [4.78, 5) is 0. The van der Waals surface area contributed by atoms with Crippen LogP contribution in [-0.4, -0.2) is 56.5 Å². The number of likely N-dealkylation sites (N-methyl/N-ethyl adjacent to an activating group) is 1. The zero-order chi connectivity index (χ0) is 11.7. The highest BCUT2D eigenvalue weighted by Crippen LogP contribution is 1.97. The third-order valence-corrected chi connectivity index (χ3v) is 2.35. The minimum absolute atomic E-state index is 0.226. The Balaban J connectivity index is 3.28. The lowest BCUT2D eigenvalue weighted by Gasteiger charge is -2.26. The summed E-state index contributed by atoms with van der Waals surface area (Å²) in [5.74, 6) is 0. The van der Waals surface area contributed by atoms with E-state index in [9.17, 15) is 5.11 Å². The van der Waals surface area contributed by atoms with Gasteiger partial charge < -0.3 is 14.9 Å². The Kier molecular flexibility index (Phi) is 8.02. The van der Waals surface area contributed by atoms with Crippen LogP contribution in [-0.2, 0) is 0 Å². The Hall–Kier alpha value is -0.120. The SMILES string of the molecule is CCCCCCNC[C@H](O)C[N+](C)(C)C. The molecule has 92 valence electrons. The molecule has 0 aromatic rings. The van der Waals surface area contributed by atoms with Crippen LogP contribution in [0.1, 0.15) is 32.6 Å². The van der Waals surface area contributed by atoms with Crippen LogP contribution in [0.15, 0.2) is 0 Å². The Labute approximate surface area is 95.1 Å². The van der Waals surface area contributed by atoms with Gasteiger partial charge in [0.25, 0.3) is 0 Å². The molecule has 2 N–H and O–H groups in total. The number of hydrogen-bond acceptors (Lipinski definition) is 2. The summed E-state index contributed by atoms with van der Waals surface area (Å²) < 4.78 is 0.818. The fraction of sp³-hybridized carbons (Fsp3) is 1.00. The Bertz CT molecular complexity index is 143. The number of quaternary nitrogens is 1. The fourth-order valence-corrected chi connectivity index (χ4v) is 1.64. The zero-order valence-corrected chi connectivity index (χ0v) is 10.9. The van der Waals surface area contributed by atoms with Crippen LogP contribution in [0.3, 0.4) is 0 Å². The van der Waals surface area contributed by atoms with E-state index in [4.69, 9.17) is 0 Å². The maximum Gasteiger partial charge on any atom is 0.115 e. The van der Waals surface area contributed by atoms with Crippen molar-refractivity contribution < 1.29 is 9.59 Å². The maximum absolute atomic E-state index is 9.71. The van der Waals surface area contributed by atoms with Crippen molar-refractivity contribution in [3.8, 4) is 0 Å². The van der Waals surface area contributed by atoms with Crippen molar-refractivity contribution >= 4 is 0 Å². The molecule has 0 rings (SSSR count). The van der Waals surface area contributed by atoms with Crippen molar-refractivity contribution in [3.63, 3.8) is 0 Å². The predicted octanol–water partition coefficient (Wildman–Crippen LogP) is 1.22. The van der Waals surface area contributed by atoms with E-state index in [1.807, 2.05) is 0 Å². The molecular weight excluding hydrogens is 188 g/mol. The van der Waals surface area contributed by atoms with Gasteiger partial charge in [-0.3, -0.25) is 0 Å². The summed E-state index contributed by atoms with van der Waals surface area (Å²) in [6, 6.07) is 0. The summed E-state index contributed by atoms with van der Waals surface area (Å²) >= 11 is 0. The van der Waals surface area contributed by atoms with Crippen LogP contribution in [0.2, 0.25) is 0 Å². The first-order chi connectivity index (χ1) is 6.95. The standard InChI is InChI=1S/C12H29N2O/c1-5-6-7-8-9-13-10-12(15)11-14(2,3)4/h12-13,15H,5-11H2,1-4H3/q+1/t12-/m0/s1. The van der Waals surface area contributed by atoms with E-state index in [1.54, 1.807) is 0 Å². The highest BCUT2D eigenvalue weighted by Gasteiger charge is 2.14. The molecule has 0 aromatic heterocycles. The van der Waals surface area contributed by atoms with Gasteiger partial charge in [-0.2, -0.15) is 0 Å². The first kappa shape index (κ1) is 14.9. The smallest absolute Gasteiger partial charge is 0.115 e. The van der Waals surface area contributed by atoms with E-state index in [1.165, 1.54) is 25.7 Å². The van der Waals surface area contributed by atoms with Crippen LogP contribution in [0, 0.1) is 0 Å². The van der Waals surface area contributed by atoms with Crippen LogP contribution in [0.5, 0.6) is 0 Å². The molecule has 0 aromatic carbocycles. The summed E-state index contributed by atoms with van der Waals surface area (Å²) in [5.41, 5.74) is 0. The van der Waals surface area contributed by atoms with E-state index in [-0.39, 0.29) is 6.10 Å². The topological polar surface area (TPSA) is 32.3 Å². The molecule has 0 amide bonds. The van der Waals surface area contributed by atoms with Crippen molar-refractivity contribution in [2.45, 2.75) is 38.7 Å². The Morgan fingerprint density at radius 3 is 2.33 bits per heavy atom. The Morgan fingerprint density at radius 1 is 1.13 bits per heavy atom. The molecule has 0 fully saturated rings. The number of unbranched alkanes of at least 4 members (excludes halogenated alkanes) is 3. The predicted molar refractivity (Wildman–Crippen MR) is 65.9 cm³/mol. The lowest BCUT2D eigenvalue weighted by Crippen LogP contribution is -2.45. The molecule has 0 saturated heterocycles. The van der Waals surface area contributed by atoms with Gasteiger partial charge in [0.15, 0.2) is 0 Å². The highest BCUT2D eigenvalue weighted by atomic mass is 16.3. The molecule has 0 unspecified atom stereocenters. The minimum atomic E-state index is -0.226. The molecule has 15 heavy (non-hydrogen) atoms. The van der Waals surface area contributed by atoms with E-state index in [2.05, 4.69) is 33.4 Å². The molecule has 0 aliphatic carbocycles. The monoisotopic (exact) mass is 217 g/mol. The quantitative estimate of drug-likeness (QED) is 0.450. The van der Waals surface area contributed by atoms with Gasteiger partial charge in [0.05, 0.1) is 21.1 Å². The molecule has 0 aliphatic heterocycles. The summed E-state index contributed by atoms with van der Waals surface area (Å²) in [6.07, 6.45) is 4.91. The Morgan fingerprint density at radius 2 is 1.80 bits per heavy atom. The average molecular weight is 217 g/mol. The first-order valence-corrected chi connectivity index (χ1v) is 6.15. The molecule has 3 heteroatoms. The molecule has 0 aliphatic rings. The number of nitrogens with one attached hydrogen (secondary N) is 1. The van der Waals surface area contributed by atoms with Gasteiger partial charge in [-0.05, 0) is 13.0 Å². The lowest BCUT2D eigenvalue weighted by atomic mass is 10.2. The van der Waals surface area contributed by atoms with E-state index < -0.39 is 0 Å². The van der Waals surface area contributed by atoms with Crippen LogP contribution < -0.4 is 5.32 Å². The number of aliphatic hydroxyl groups is 1. The van der Waals surface area contributed by atoms with Crippen molar-refractivity contribution in [1.82, 2.24) is 5.32 Å². The largest absolute Gasteiger partial charge is 0.386 e. The molecule has 0 saturated carbocycles. The molecule has 0 heterocycles. The van der Waals surface area contributed by atoms with Gasteiger partial charge in [-0.1, -0.05) is 26.2 Å². The highest BCUT2D eigenvalue weighted by molar-refractivity contribution is 4.58. The van der Waals surface area contributed by atoms with Crippen molar-refractivity contribution in [2.24, 2.45) is 0 Å². The second-order valence-corrected chi connectivity index (χ2v) is 5.39. The lowest BCUT2D eigenvalue weighted by molar-refractivity contribution is -0.873. The van der Waals surface area contributed by atoms with Crippen LogP contribution in [0.4, 0.5) is 0 Å². The van der Waals surface area contributed by atoms with E-state index in [0.717, 1.165) is 24.1 Å². The maximum atomic E-state index is 9.71. The third kappa shape index (κ3) is 11.8. The van der Waals surface area contributed by atoms with Gasteiger partial charge >= 0.3 is 0 Å². The van der Waals surface area contributed by atoms with Crippen LogP contribution in [0.25, 0.3) is 0 Å². The molecular formula is C12H29N2O+. The first-order valence-electron chi connectivity index (χ1n) is 6.15.